The minimum absolute atomic E-state index is 0.00231. The Kier molecular flexibility index (Phi) is 20.4. The van der Waals surface area contributed by atoms with Crippen LogP contribution in [0.25, 0.3) is 5.69 Å². The van der Waals surface area contributed by atoms with Crippen molar-refractivity contribution in [1.29, 1.82) is 0 Å². The first-order valence-electron chi connectivity index (χ1n) is 18.3. The fourth-order valence-corrected chi connectivity index (χ4v) is 5.43. The molecule has 25 heteroatoms. The third kappa shape index (κ3) is 13.8. The number of carbonyl (C=O) groups excluding carboxylic acids is 5. The van der Waals surface area contributed by atoms with Gasteiger partial charge in [0, 0.05) is 38.3 Å². The van der Waals surface area contributed by atoms with Gasteiger partial charge in [-0.3, -0.25) is 52.7 Å². The molecule has 0 saturated carbocycles. The standard InChI is InChI=1S/C23H19ClF2N4O5.C5H10N2O2.2C4H8N2O2.CH3I/c1-12-3-4-13(20(31)28-17-10-35-29(2)22(17)32)7-18(12)30-11-27-21(19(24)23(30)33)34-9-14-5-6-15(25)8-16(14)26;1-6-4-3-9-7(2)5(4)8;1-6-4(7)3(5)2-8-6;1-5-3-2-8-6-4(3)7;1-2/h3-8,11,17H,9-10H2,1-2H3,(H,28,31);4,6H,3H2,1-2H3;3H,2,5H2,1H3;3,5H,2H2,1H3,(H,6,7);1H3/t17-;4-;2*3-;/m1111./s1. The van der Waals surface area contributed by atoms with E-state index in [0.717, 1.165) is 27.1 Å². The lowest BCUT2D eigenvalue weighted by molar-refractivity contribution is -0.155. The number of amides is 5. The smallest absolute Gasteiger partial charge is 0.280 e. The second-order valence-corrected chi connectivity index (χ2v) is 13.4. The number of nitrogens with one attached hydrogen (secondary N) is 4. The van der Waals surface area contributed by atoms with Gasteiger partial charge in [-0.2, -0.15) is 0 Å². The van der Waals surface area contributed by atoms with Crippen LogP contribution in [0, 0.1) is 18.6 Å². The number of aromatic nitrogens is 2. The fourth-order valence-electron chi connectivity index (χ4n) is 5.23. The third-order valence-corrected chi connectivity index (χ3v) is 9.22. The number of benzene rings is 2. The molecule has 1 aromatic heterocycles. The van der Waals surface area contributed by atoms with Gasteiger partial charge in [0.15, 0.2) is 5.02 Å². The Labute approximate surface area is 373 Å². The zero-order chi connectivity index (χ0) is 46.3. The predicted molar refractivity (Wildman–Crippen MR) is 225 cm³/mol. The number of likely N-dealkylation sites (N-methyl/N-ethyl adjacent to an activating group) is 5. The quantitative estimate of drug-likeness (QED) is 0.147. The van der Waals surface area contributed by atoms with E-state index in [2.05, 4.69) is 53.8 Å². The van der Waals surface area contributed by atoms with Crippen LogP contribution in [0.1, 0.15) is 21.5 Å². The van der Waals surface area contributed by atoms with Crippen LogP contribution in [0.3, 0.4) is 0 Å². The summed E-state index contributed by atoms with van der Waals surface area (Å²) in [6.45, 7) is 2.61. The van der Waals surface area contributed by atoms with Crippen LogP contribution in [0.5, 0.6) is 5.88 Å². The number of hydroxylamine groups is 7. The number of halogens is 4. The second-order valence-electron chi connectivity index (χ2n) is 13.1. The summed E-state index contributed by atoms with van der Waals surface area (Å²) in [7, 11) is 8.07. The van der Waals surface area contributed by atoms with Gasteiger partial charge in [0.1, 0.15) is 55.3 Å². The zero-order valence-corrected chi connectivity index (χ0v) is 37.6. The van der Waals surface area contributed by atoms with E-state index in [1.165, 1.54) is 24.2 Å². The maximum Gasteiger partial charge on any atom is 0.280 e. The molecule has 6 N–H and O–H groups in total. The number of carbonyl (C=O) groups is 5. The number of hydrogen-bond donors (Lipinski definition) is 5. The molecule has 0 aliphatic carbocycles. The molecule has 0 unspecified atom stereocenters. The summed E-state index contributed by atoms with van der Waals surface area (Å²) >= 11 is 8.32. The largest absolute Gasteiger partial charge is 0.471 e. The van der Waals surface area contributed by atoms with Gasteiger partial charge in [-0.25, -0.2) is 34.4 Å². The van der Waals surface area contributed by atoms with Gasteiger partial charge in [-0.05, 0) is 55.8 Å². The summed E-state index contributed by atoms with van der Waals surface area (Å²) in [6.07, 6.45) is 1.16. The Morgan fingerprint density at radius 2 is 1.48 bits per heavy atom. The molecule has 0 radical (unpaired) electrons. The molecule has 4 aliphatic rings. The van der Waals surface area contributed by atoms with Crippen molar-refractivity contribution in [2.75, 3.05) is 66.6 Å². The Balaban J connectivity index is 0.000000302. The lowest BCUT2D eigenvalue weighted by atomic mass is 10.1. The molecule has 0 bridgehead atoms. The van der Waals surface area contributed by atoms with Gasteiger partial charge >= 0.3 is 0 Å². The summed E-state index contributed by atoms with van der Waals surface area (Å²) in [4.78, 5) is 94.9. The third-order valence-electron chi connectivity index (χ3n) is 8.90. The minimum atomic E-state index is -0.821. The summed E-state index contributed by atoms with van der Waals surface area (Å²) in [5.41, 5.74) is 8.02. The highest BCUT2D eigenvalue weighted by atomic mass is 127. The predicted octanol–water partition coefficient (Wildman–Crippen LogP) is -0.0642. The van der Waals surface area contributed by atoms with E-state index in [1.54, 1.807) is 47.2 Å². The maximum atomic E-state index is 13.8. The fraction of sp³-hybridized carbons (Fsp3) is 0.432. The Morgan fingerprint density at radius 1 is 0.887 bits per heavy atom. The first-order chi connectivity index (χ1) is 29.5. The summed E-state index contributed by atoms with van der Waals surface area (Å²) in [5, 5.41) is 11.3. The van der Waals surface area contributed by atoms with Crippen LogP contribution in [0.15, 0.2) is 47.5 Å². The molecular weight excluding hydrogens is 961 g/mol. The highest BCUT2D eigenvalue weighted by molar-refractivity contribution is 14.1. The van der Waals surface area contributed by atoms with Crippen LogP contribution in [-0.2, 0) is 45.1 Å². The molecule has 4 saturated heterocycles. The van der Waals surface area contributed by atoms with Gasteiger partial charge in [-0.15, -0.1) is 0 Å². The molecular formula is C37H48ClF2IN10O11. The van der Waals surface area contributed by atoms with Crippen molar-refractivity contribution in [3.8, 4) is 11.6 Å². The normalized spacial score (nSPS) is 20.2. The number of hydrogen-bond acceptors (Lipinski definition) is 15. The molecule has 2 aromatic carbocycles. The average molecular weight is 1010 g/mol. The minimum Gasteiger partial charge on any atom is -0.471 e. The highest BCUT2D eigenvalue weighted by Crippen LogP contribution is 2.22. The molecule has 4 atom stereocenters. The zero-order valence-electron chi connectivity index (χ0n) is 34.7. The van der Waals surface area contributed by atoms with E-state index >= 15 is 0 Å². The highest BCUT2D eigenvalue weighted by Gasteiger charge is 2.32. The van der Waals surface area contributed by atoms with E-state index < -0.39 is 35.2 Å². The van der Waals surface area contributed by atoms with Crippen molar-refractivity contribution in [3.63, 3.8) is 0 Å². The summed E-state index contributed by atoms with van der Waals surface area (Å²) in [6, 6.07) is 6.08. The topological polar surface area (TPSA) is 250 Å². The molecule has 5 amide bonds. The van der Waals surface area contributed by atoms with Gasteiger partial charge in [0.05, 0.1) is 25.5 Å². The molecule has 0 spiro atoms. The monoisotopic (exact) mass is 1010 g/mol. The van der Waals surface area contributed by atoms with Crippen molar-refractivity contribution in [1.82, 2.24) is 46.2 Å². The molecule has 7 rings (SSSR count). The number of nitrogens with two attached hydrogens (primary N) is 1. The summed E-state index contributed by atoms with van der Waals surface area (Å²) in [5.74, 6) is -2.92. The Bertz CT molecular complexity index is 2110. The van der Waals surface area contributed by atoms with Gasteiger partial charge in [0.25, 0.3) is 35.1 Å². The van der Waals surface area contributed by atoms with E-state index in [-0.39, 0.29) is 71.0 Å². The molecule has 21 nitrogen and oxygen atoms in total. The van der Waals surface area contributed by atoms with Crippen LogP contribution in [-0.4, -0.2) is 145 Å². The van der Waals surface area contributed by atoms with Crippen molar-refractivity contribution in [3.05, 3.63) is 86.4 Å². The van der Waals surface area contributed by atoms with Gasteiger partial charge < -0.3 is 26.4 Å². The molecule has 3 aromatic rings. The van der Waals surface area contributed by atoms with Crippen LogP contribution < -0.4 is 37.5 Å². The first kappa shape index (κ1) is 51.4. The van der Waals surface area contributed by atoms with E-state index in [9.17, 15) is 37.5 Å². The second kappa shape index (κ2) is 24.6. The van der Waals surface area contributed by atoms with E-state index in [4.69, 9.17) is 36.6 Å². The lowest BCUT2D eigenvalue weighted by Crippen LogP contribution is -2.42. The van der Waals surface area contributed by atoms with Gasteiger partial charge in [0.2, 0.25) is 5.88 Å². The van der Waals surface area contributed by atoms with Crippen molar-refractivity contribution >= 4 is 63.7 Å². The molecule has 4 aliphatic heterocycles. The van der Waals surface area contributed by atoms with E-state index in [0.29, 0.717) is 37.1 Å². The maximum absolute atomic E-state index is 13.8. The first-order valence-corrected chi connectivity index (χ1v) is 20.9. The van der Waals surface area contributed by atoms with Gasteiger partial charge in [-0.1, -0.05) is 40.3 Å². The molecule has 340 valence electrons. The van der Waals surface area contributed by atoms with Crippen LogP contribution in [0.4, 0.5) is 8.78 Å². The van der Waals surface area contributed by atoms with Crippen molar-refractivity contribution in [2.24, 2.45) is 5.73 Å². The summed E-state index contributed by atoms with van der Waals surface area (Å²) < 4.78 is 33.4. The number of alkyl halides is 1. The number of ether oxygens (including phenoxy) is 1. The van der Waals surface area contributed by atoms with Crippen molar-refractivity contribution in [2.45, 2.75) is 37.7 Å². The Hall–Kier alpha value is -4.93. The molecule has 62 heavy (non-hydrogen) atoms. The molecule has 4 fully saturated rings. The van der Waals surface area contributed by atoms with E-state index in [1.807, 2.05) is 4.93 Å². The van der Waals surface area contributed by atoms with Crippen LogP contribution >= 0.6 is 34.2 Å². The van der Waals surface area contributed by atoms with Crippen molar-refractivity contribution < 1.29 is 56.8 Å². The average Bonchev–Trinajstić information content (AvgIpc) is 4.01. The molecule has 5 heterocycles. The lowest BCUT2D eigenvalue weighted by Gasteiger charge is -2.14. The SMILES string of the molecule is CI.CN1OC[C@@H](N)C1=O.CN[C@@H]1CON(C)C1=O.CN[C@@H]1CONC1=O.Cc1ccc(C(=O)N[C@@H]2CON(C)C2=O)cc1-n1cnc(OCc2ccc(F)cc2F)c(Cl)c1=O. The number of aryl methyl sites for hydroxylation is 1. The van der Waals surface area contributed by atoms with Crippen LogP contribution in [0.2, 0.25) is 5.02 Å². The Morgan fingerprint density at radius 3 is 1.94 bits per heavy atom. The number of nitrogens with zero attached hydrogens (tertiary/aromatic N) is 5. The number of rotatable bonds is 8.